The van der Waals surface area contributed by atoms with Crippen molar-refractivity contribution in [2.45, 2.75) is 38.0 Å². The van der Waals surface area contributed by atoms with Gasteiger partial charge in [-0.1, -0.05) is 0 Å². The number of aromatic nitrogens is 1. The Kier molecular flexibility index (Phi) is 4.03. The third-order valence-corrected chi connectivity index (χ3v) is 5.12. The van der Waals surface area contributed by atoms with Gasteiger partial charge in [-0.25, -0.2) is 0 Å². The second-order valence-electron chi connectivity index (χ2n) is 6.80. The van der Waals surface area contributed by atoms with Crippen molar-refractivity contribution in [3.8, 4) is 0 Å². The van der Waals surface area contributed by atoms with Crippen LogP contribution in [0.4, 0.5) is 0 Å². The Morgan fingerprint density at radius 1 is 1.16 bits per heavy atom. The van der Waals surface area contributed by atoms with Gasteiger partial charge in [0.1, 0.15) is 11.3 Å². The van der Waals surface area contributed by atoms with E-state index in [1.807, 2.05) is 6.07 Å². The average molecular weight is 340 g/mol. The van der Waals surface area contributed by atoms with E-state index in [9.17, 15) is 14.4 Å². The van der Waals surface area contributed by atoms with Gasteiger partial charge in [0, 0.05) is 36.7 Å². The summed E-state index contributed by atoms with van der Waals surface area (Å²) in [4.78, 5) is 42.1. The highest BCUT2D eigenvalue weighted by Crippen LogP contribution is 2.31. The molecule has 0 aromatic carbocycles. The van der Waals surface area contributed by atoms with Gasteiger partial charge in [-0.3, -0.25) is 14.4 Å². The summed E-state index contributed by atoms with van der Waals surface area (Å²) in [6.07, 6.45) is 5.46. The van der Waals surface area contributed by atoms with E-state index in [4.69, 9.17) is 4.42 Å². The molecule has 1 aliphatic heterocycles. The number of H-pyrrole nitrogens is 1. The van der Waals surface area contributed by atoms with Crippen LogP contribution < -0.4 is 5.56 Å². The summed E-state index contributed by atoms with van der Waals surface area (Å²) < 4.78 is 5.40. The standard InChI is InChI=1S/C19H20N2O4/c22-16-10-12(17-5-4-8-25-17)9-15-13(16)11-14(18(23)20-15)19(24)21-6-2-1-3-7-21/h4-5,8,11-12H,1-3,6-7,9-10H2,(H,20,23)/t12-/m1/s1. The number of furan rings is 1. The van der Waals surface area contributed by atoms with Crippen LogP contribution >= 0.6 is 0 Å². The van der Waals surface area contributed by atoms with Crippen molar-refractivity contribution in [2.75, 3.05) is 13.1 Å². The van der Waals surface area contributed by atoms with E-state index in [2.05, 4.69) is 4.98 Å². The predicted octanol–water partition coefficient (Wildman–Crippen LogP) is 2.51. The van der Waals surface area contributed by atoms with Crippen LogP contribution in [-0.2, 0) is 6.42 Å². The molecule has 0 spiro atoms. The molecule has 3 heterocycles. The fourth-order valence-corrected chi connectivity index (χ4v) is 3.78. The number of pyridine rings is 1. The average Bonchev–Trinajstić information content (AvgIpc) is 3.16. The maximum absolute atomic E-state index is 12.6. The Morgan fingerprint density at radius 2 is 1.96 bits per heavy atom. The number of aromatic amines is 1. The van der Waals surface area contributed by atoms with E-state index in [0.29, 0.717) is 37.2 Å². The summed E-state index contributed by atoms with van der Waals surface area (Å²) in [7, 11) is 0. The molecule has 6 nitrogen and oxygen atoms in total. The topological polar surface area (TPSA) is 83.4 Å². The second kappa shape index (κ2) is 6.35. The first-order valence-electron chi connectivity index (χ1n) is 8.75. The summed E-state index contributed by atoms with van der Waals surface area (Å²) >= 11 is 0. The minimum atomic E-state index is -0.415. The Hall–Kier alpha value is -2.63. The maximum atomic E-state index is 12.6. The first-order valence-corrected chi connectivity index (χ1v) is 8.75. The molecule has 2 aliphatic rings. The van der Waals surface area contributed by atoms with Crippen molar-refractivity contribution >= 4 is 11.7 Å². The van der Waals surface area contributed by atoms with Crippen LogP contribution in [0.3, 0.4) is 0 Å². The van der Waals surface area contributed by atoms with Crippen LogP contribution in [0.5, 0.6) is 0 Å². The number of piperidine rings is 1. The Balaban J connectivity index is 1.66. The normalized spacial score (nSPS) is 20.4. The van der Waals surface area contributed by atoms with Gasteiger partial charge >= 0.3 is 0 Å². The number of Topliss-reactive ketones (excluding diaryl/α,β-unsaturated/α-hetero) is 1. The zero-order chi connectivity index (χ0) is 17.4. The summed E-state index contributed by atoms with van der Waals surface area (Å²) in [6, 6.07) is 5.12. The van der Waals surface area contributed by atoms with Gasteiger partial charge < -0.3 is 14.3 Å². The summed E-state index contributed by atoms with van der Waals surface area (Å²) in [5, 5.41) is 0. The zero-order valence-corrected chi connectivity index (χ0v) is 13.9. The molecule has 1 aliphatic carbocycles. The lowest BCUT2D eigenvalue weighted by molar-refractivity contribution is 0.0722. The number of hydrogen-bond acceptors (Lipinski definition) is 4. The number of likely N-dealkylation sites (tertiary alicyclic amines) is 1. The van der Waals surface area contributed by atoms with E-state index in [1.54, 1.807) is 17.2 Å². The van der Waals surface area contributed by atoms with E-state index < -0.39 is 5.56 Å². The molecule has 1 amide bonds. The molecule has 1 N–H and O–H groups in total. The zero-order valence-electron chi connectivity index (χ0n) is 13.9. The van der Waals surface area contributed by atoms with Crippen molar-refractivity contribution in [2.24, 2.45) is 0 Å². The molecular weight excluding hydrogens is 320 g/mol. The highest BCUT2D eigenvalue weighted by atomic mass is 16.3. The quantitative estimate of drug-likeness (QED) is 0.910. The van der Waals surface area contributed by atoms with Gasteiger partial charge in [0.2, 0.25) is 0 Å². The molecule has 130 valence electrons. The highest BCUT2D eigenvalue weighted by Gasteiger charge is 2.31. The van der Waals surface area contributed by atoms with Gasteiger partial charge in [-0.15, -0.1) is 0 Å². The number of hydrogen-bond donors (Lipinski definition) is 1. The molecule has 0 radical (unpaired) electrons. The monoisotopic (exact) mass is 340 g/mol. The fraction of sp³-hybridized carbons (Fsp3) is 0.421. The van der Waals surface area contributed by atoms with Gasteiger partial charge in [-0.05, 0) is 43.9 Å². The SMILES string of the molecule is O=C1C[C@H](c2ccco2)Cc2[nH]c(=O)c(C(=O)N3CCCCC3)cc21. The second-order valence-corrected chi connectivity index (χ2v) is 6.80. The maximum Gasteiger partial charge on any atom is 0.261 e. The van der Waals surface area contributed by atoms with Crippen molar-refractivity contribution in [3.63, 3.8) is 0 Å². The van der Waals surface area contributed by atoms with E-state index >= 15 is 0 Å². The van der Waals surface area contributed by atoms with E-state index in [1.165, 1.54) is 6.07 Å². The molecule has 0 saturated carbocycles. The lowest BCUT2D eigenvalue weighted by Gasteiger charge is -2.27. The van der Waals surface area contributed by atoms with Crippen LogP contribution in [0.1, 0.15) is 63.8 Å². The highest BCUT2D eigenvalue weighted by molar-refractivity contribution is 6.02. The van der Waals surface area contributed by atoms with E-state index in [0.717, 1.165) is 25.0 Å². The Labute approximate surface area is 144 Å². The number of amides is 1. The molecule has 1 atom stereocenters. The number of rotatable bonds is 2. The molecule has 25 heavy (non-hydrogen) atoms. The lowest BCUT2D eigenvalue weighted by Crippen LogP contribution is -2.39. The van der Waals surface area contributed by atoms with Crippen LogP contribution in [0.15, 0.2) is 33.7 Å². The van der Waals surface area contributed by atoms with Crippen LogP contribution in [0.25, 0.3) is 0 Å². The molecule has 6 heteroatoms. The summed E-state index contributed by atoms with van der Waals surface area (Å²) in [5.74, 6) is 0.332. The molecule has 2 aromatic heterocycles. The van der Waals surface area contributed by atoms with Crippen molar-refractivity contribution in [1.29, 1.82) is 0 Å². The molecule has 1 fully saturated rings. The molecule has 0 bridgehead atoms. The number of ketones is 1. The minimum absolute atomic E-state index is 0.0633. The molecule has 1 saturated heterocycles. The number of fused-ring (bicyclic) bond motifs is 1. The molecular formula is C19H20N2O4. The first-order chi connectivity index (χ1) is 12.1. The Morgan fingerprint density at radius 3 is 2.68 bits per heavy atom. The first kappa shape index (κ1) is 15.9. The third kappa shape index (κ3) is 2.92. The van der Waals surface area contributed by atoms with Gasteiger partial charge in [0.25, 0.3) is 11.5 Å². The van der Waals surface area contributed by atoms with Crippen molar-refractivity contribution < 1.29 is 14.0 Å². The van der Waals surface area contributed by atoms with Gasteiger partial charge in [-0.2, -0.15) is 0 Å². The number of nitrogens with zero attached hydrogens (tertiary/aromatic N) is 1. The van der Waals surface area contributed by atoms with E-state index in [-0.39, 0.29) is 23.2 Å². The Bertz CT molecular complexity index is 860. The smallest absolute Gasteiger partial charge is 0.261 e. The summed E-state index contributed by atoms with van der Waals surface area (Å²) in [5.41, 5.74) is 0.716. The molecule has 2 aromatic rings. The van der Waals surface area contributed by atoms with Crippen LogP contribution in [0, 0.1) is 0 Å². The van der Waals surface area contributed by atoms with Crippen LogP contribution in [0.2, 0.25) is 0 Å². The van der Waals surface area contributed by atoms with Crippen molar-refractivity contribution in [3.05, 3.63) is 57.4 Å². The number of carbonyl (C=O) groups excluding carboxylic acids is 2. The van der Waals surface area contributed by atoms with Crippen LogP contribution in [-0.4, -0.2) is 34.7 Å². The minimum Gasteiger partial charge on any atom is -0.469 e. The van der Waals surface area contributed by atoms with Gasteiger partial charge in [0.15, 0.2) is 5.78 Å². The van der Waals surface area contributed by atoms with Gasteiger partial charge in [0.05, 0.1) is 6.26 Å². The lowest BCUT2D eigenvalue weighted by atomic mass is 9.84. The largest absolute Gasteiger partial charge is 0.469 e. The number of nitrogens with one attached hydrogen (secondary N) is 1. The van der Waals surface area contributed by atoms with Crippen molar-refractivity contribution in [1.82, 2.24) is 9.88 Å². The summed E-state index contributed by atoms with van der Waals surface area (Å²) in [6.45, 7) is 1.34. The predicted molar refractivity (Wildman–Crippen MR) is 90.9 cm³/mol. The third-order valence-electron chi connectivity index (χ3n) is 5.12. The molecule has 4 rings (SSSR count). The molecule has 0 unspecified atom stereocenters. The number of carbonyl (C=O) groups is 2. The fourth-order valence-electron chi connectivity index (χ4n) is 3.78.